The fraction of sp³-hybridized carbons (Fsp3) is 0.286. The molecule has 0 aliphatic rings. The zero-order valence-electron chi connectivity index (χ0n) is 11.0. The maximum atomic E-state index is 13.6. The predicted octanol–water partition coefficient (Wildman–Crippen LogP) is 3.06. The lowest BCUT2D eigenvalue weighted by atomic mass is 10.1. The van der Waals surface area contributed by atoms with Crippen LogP contribution in [0.5, 0.6) is 0 Å². The van der Waals surface area contributed by atoms with Gasteiger partial charge in [-0.2, -0.15) is 5.10 Å². The molecular formula is C14H16FN3O. The van der Waals surface area contributed by atoms with Crippen LogP contribution >= 0.6 is 0 Å². The number of hydrogen-bond acceptors (Lipinski definition) is 2. The second-order valence-corrected chi connectivity index (χ2v) is 4.47. The van der Waals surface area contributed by atoms with Crippen molar-refractivity contribution in [1.82, 2.24) is 10.2 Å². The maximum Gasteiger partial charge on any atom is 0.259 e. The van der Waals surface area contributed by atoms with Gasteiger partial charge in [-0.15, -0.1) is 0 Å². The molecule has 0 atom stereocenters. The molecule has 1 amide bonds. The lowest BCUT2D eigenvalue weighted by Gasteiger charge is -2.04. The SMILES string of the molecule is CCCc1cc(NC(=O)c2cc(C)ccc2F)n[nH]1. The molecule has 0 bridgehead atoms. The van der Waals surface area contributed by atoms with Gasteiger partial charge in [0, 0.05) is 11.8 Å². The molecule has 19 heavy (non-hydrogen) atoms. The minimum Gasteiger partial charge on any atom is -0.305 e. The van der Waals surface area contributed by atoms with Gasteiger partial charge in [-0.05, 0) is 25.5 Å². The van der Waals surface area contributed by atoms with Gasteiger partial charge in [-0.25, -0.2) is 4.39 Å². The van der Waals surface area contributed by atoms with Crippen LogP contribution in [0.4, 0.5) is 10.2 Å². The molecule has 0 aliphatic carbocycles. The number of nitrogens with zero attached hydrogens (tertiary/aromatic N) is 1. The molecule has 2 aromatic rings. The average molecular weight is 261 g/mol. The summed E-state index contributed by atoms with van der Waals surface area (Å²) < 4.78 is 13.6. The van der Waals surface area contributed by atoms with Crippen LogP contribution in [0, 0.1) is 12.7 Å². The van der Waals surface area contributed by atoms with Crippen LogP contribution in [0.3, 0.4) is 0 Å². The molecule has 0 radical (unpaired) electrons. The van der Waals surface area contributed by atoms with E-state index in [2.05, 4.69) is 22.4 Å². The van der Waals surface area contributed by atoms with E-state index in [1.807, 2.05) is 6.92 Å². The third-order valence-electron chi connectivity index (χ3n) is 2.76. The summed E-state index contributed by atoms with van der Waals surface area (Å²) in [4.78, 5) is 11.9. The van der Waals surface area contributed by atoms with Crippen LogP contribution < -0.4 is 5.32 Å². The van der Waals surface area contributed by atoms with Gasteiger partial charge in [0.05, 0.1) is 5.56 Å². The standard InChI is InChI=1S/C14H16FN3O/c1-3-4-10-8-13(18-17-10)16-14(19)11-7-9(2)5-6-12(11)15/h5-8H,3-4H2,1-2H3,(H2,16,17,18,19). The Morgan fingerprint density at radius 1 is 1.42 bits per heavy atom. The van der Waals surface area contributed by atoms with Crippen LogP contribution in [0.15, 0.2) is 24.3 Å². The molecule has 0 spiro atoms. The van der Waals surface area contributed by atoms with Gasteiger partial charge >= 0.3 is 0 Å². The van der Waals surface area contributed by atoms with Gasteiger partial charge in [0.15, 0.2) is 5.82 Å². The summed E-state index contributed by atoms with van der Waals surface area (Å²) in [6.45, 7) is 3.87. The lowest BCUT2D eigenvalue weighted by molar-refractivity contribution is 0.102. The number of aryl methyl sites for hydroxylation is 2. The van der Waals surface area contributed by atoms with E-state index in [1.54, 1.807) is 12.1 Å². The van der Waals surface area contributed by atoms with Crippen molar-refractivity contribution in [3.63, 3.8) is 0 Å². The molecule has 0 aliphatic heterocycles. The zero-order valence-corrected chi connectivity index (χ0v) is 11.0. The van der Waals surface area contributed by atoms with E-state index in [4.69, 9.17) is 0 Å². The monoisotopic (exact) mass is 261 g/mol. The number of rotatable bonds is 4. The van der Waals surface area contributed by atoms with Gasteiger partial charge in [-0.1, -0.05) is 25.0 Å². The van der Waals surface area contributed by atoms with Crippen molar-refractivity contribution in [2.45, 2.75) is 26.7 Å². The number of halogens is 1. The van der Waals surface area contributed by atoms with E-state index < -0.39 is 11.7 Å². The summed E-state index contributed by atoms with van der Waals surface area (Å²) in [5.41, 5.74) is 1.81. The highest BCUT2D eigenvalue weighted by atomic mass is 19.1. The van der Waals surface area contributed by atoms with Gasteiger partial charge in [0.25, 0.3) is 5.91 Å². The zero-order chi connectivity index (χ0) is 13.8. The molecular weight excluding hydrogens is 245 g/mol. The van der Waals surface area contributed by atoms with Gasteiger partial charge in [0.2, 0.25) is 0 Å². The van der Waals surface area contributed by atoms with E-state index in [0.717, 1.165) is 24.1 Å². The summed E-state index contributed by atoms with van der Waals surface area (Å²) >= 11 is 0. The Balaban J connectivity index is 2.13. The smallest absolute Gasteiger partial charge is 0.259 e. The largest absolute Gasteiger partial charge is 0.305 e. The molecule has 0 fully saturated rings. The number of carbonyl (C=O) groups excluding carboxylic acids is 1. The van der Waals surface area contributed by atoms with Crippen molar-refractivity contribution < 1.29 is 9.18 Å². The Kier molecular flexibility index (Phi) is 3.94. The molecule has 0 saturated carbocycles. The first-order valence-electron chi connectivity index (χ1n) is 6.22. The normalized spacial score (nSPS) is 10.5. The van der Waals surface area contributed by atoms with Crippen LogP contribution in [0.25, 0.3) is 0 Å². The van der Waals surface area contributed by atoms with E-state index in [-0.39, 0.29) is 5.56 Å². The number of anilines is 1. The first kappa shape index (κ1) is 13.3. The number of nitrogens with one attached hydrogen (secondary N) is 2. The fourth-order valence-electron chi connectivity index (χ4n) is 1.82. The number of aromatic nitrogens is 2. The number of carbonyl (C=O) groups is 1. The molecule has 0 saturated heterocycles. The molecule has 100 valence electrons. The summed E-state index contributed by atoms with van der Waals surface area (Å²) in [5.74, 6) is -0.613. The lowest BCUT2D eigenvalue weighted by Crippen LogP contribution is -2.14. The van der Waals surface area contributed by atoms with Crippen molar-refractivity contribution in [2.24, 2.45) is 0 Å². The molecule has 1 aromatic carbocycles. The Bertz CT molecular complexity index is 592. The van der Waals surface area contributed by atoms with Crippen molar-refractivity contribution in [3.8, 4) is 0 Å². The Hall–Kier alpha value is -2.17. The minimum absolute atomic E-state index is 0.0278. The molecule has 0 unspecified atom stereocenters. The molecule has 4 nitrogen and oxygen atoms in total. The number of benzene rings is 1. The second-order valence-electron chi connectivity index (χ2n) is 4.47. The predicted molar refractivity (Wildman–Crippen MR) is 71.7 cm³/mol. The fourth-order valence-corrected chi connectivity index (χ4v) is 1.82. The number of amides is 1. The average Bonchev–Trinajstić information content (AvgIpc) is 2.80. The summed E-state index contributed by atoms with van der Waals surface area (Å²) in [7, 11) is 0. The molecule has 1 heterocycles. The number of hydrogen-bond donors (Lipinski definition) is 2. The summed E-state index contributed by atoms with van der Waals surface area (Å²) in [6.07, 6.45) is 1.85. The van der Waals surface area contributed by atoms with Crippen LogP contribution in [-0.4, -0.2) is 16.1 Å². The van der Waals surface area contributed by atoms with Crippen molar-refractivity contribution in [3.05, 3.63) is 46.9 Å². The van der Waals surface area contributed by atoms with Crippen LogP contribution in [0.1, 0.15) is 35.0 Å². The van der Waals surface area contributed by atoms with Crippen molar-refractivity contribution in [1.29, 1.82) is 0 Å². The molecule has 2 N–H and O–H groups in total. The van der Waals surface area contributed by atoms with Gasteiger partial charge in [-0.3, -0.25) is 9.89 Å². The topological polar surface area (TPSA) is 57.8 Å². The van der Waals surface area contributed by atoms with Crippen LogP contribution in [0.2, 0.25) is 0 Å². The Morgan fingerprint density at radius 2 is 2.21 bits per heavy atom. The van der Waals surface area contributed by atoms with E-state index in [1.165, 1.54) is 12.1 Å². The highest BCUT2D eigenvalue weighted by Crippen LogP contribution is 2.13. The van der Waals surface area contributed by atoms with Crippen molar-refractivity contribution in [2.75, 3.05) is 5.32 Å². The van der Waals surface area contributed by atoms with E-state index >= 15 is 0 Å². The molecule has 5 heteroatoms. The third-order valence-corrected chi connectivity index (χ3v) is 2.76. The number of H-pyrrole nitrogens is 1. The summed E-state index contributed by atoms with van der Waals surface area (Å²) in [6, 6.07) is 6.19. The highest BCUT2D eigenvalue weighted by Gasteiger charge is 2.13. The molecule has 1 aromatic heterocycles. The number of aromatic amines is 1. The van der Waals surface area contributed by atoms with Gasteiger partial charge < -0.3 is 5.32 Å². The summed E-state index contributed by atoms with van der Waals surface area (Å²) in [5, 5.41) is 9.39. The first-order valence-corrected chi connectivity index (χ1v) is 6.22. The van der Waals surface area contributed by atoms with Crippen LogP contribution in [-0.2, 0) is 6.42 Å². The third kappa shape index (κ3) is 3.19. The van der Waals surface area contributed by atoms with Gasteiger partial charge in [0.1, 0.15) is 5.82 Å². The van der Waals surface area contributed by atoms with E-state index in [9.17, 15) is 9.18 Å². The van der Waals surface area contributed by atoms with E-state index in [0.29, 0.717) is 5.82 Å². The van der Waals surface area contributed by atoms with Crippen molar-refractivity contribution >= 4 is 11.7 Å². The quantitative estimate of drug-likeness (QED) is 0.888. The maximum absolute atomic E-state index is 13.6. The molecule has 2 rings (SSSR count). The Labute approximate surface area is 111 Å². The second kappa shape index (κ2) is 5.65. The minimum atomic E-state index is -0.535. The Morgan fingerprint density at radius 3 is 2.95 bits per heavy atom. The first-order chi connectivity index (χ1) is 9.10. The highest BCUT2D eigenvalue weighted by molar-refractivity contribution is 6.04.